The number of hydrogen-bond acceptors (Lipinski definition) is 4. The second-order valence-corrected chi connectivity index (χ2v) is 8.72. The molecule has 2 aromatic rings. The summed E-state index contributed by atoms with van der Waals surface area (Å²) in [5, 5.41) is 3.27. The Morgan fingerprint density at radius 2 is 1.95 bits per heavy atom. The van der Waals surface area contributed by atoms with Crippen molar-refractivity contribution in [2.45, 2.75) is 24.1 Å². The number of hydrogen-bond donors (Lipinski definition) is 2. The van der Waals surface area contributed by atoms with E-state index in [1.807, 2.05) is 24.3 Å². The zero-order valence-corrected chi connectivity index (χ0v) is 15.4. The van der Waals surface area contributed by atoms with Crippen LogP contribution in [-0.4, -0.2) is 15.0 Å². The van der Waals surface area contributed by atoms with Crippen LogP contribution in [0, 0.1) is 3.57 Å². The topological polar surface area (TPSA) is 58.2 Å². The van der Waals surface area contributed by atoms with E-state index in [9.17, 15) is 8.42 Å². The van der Waals surface area contributed by atoms with Gasteiger partial charge < -0.3 is 5.32 Å². The first-order valence-electron chi connectivity index (χ1n) is 6.59. The molecule has 1 aromatic carbocycles. The van der Waals surface area contributed by atoms with Crippen molar-refractivity contribution in [2.24, 2.45) is 0 Å². The van der Waals surface area contributed by atoms with Crippen LogP contribution in [0.25, 0.3) is 0 Å². The maximum absolute atomic E-state index is 12.4. The highest BCUT2D eigenvalue weighted by atomic mass is 127. The summed E-state index contributed by atoms with van der Waals surface area (Å²) in [6.45, 7) is 3.74. The third kappa shape index (κ3) is 4.67. The Labute approximate surface area is 143 Å². The second kappa shape index (κ2) is 7.57. The molecule has 4 nitrogen and oxygen atoms in total. The average Bonchev–Trinajstić information content (AvgIpc) is 2.91. The fourth-order valence-corrected chi connectivity index (χ4v) is 4.84. The predicted octanol–water partition coefficient (Wildman–Crippen LogP) is 3.65. The first-order valence-corrected chi connectivity index (χ1v) is 9.97. The van der Waals surface area contributed by atoms with Gasteiger partial charge in [0.15, 0.2) is 0 Å². The Balaban J connectivity index is 2.11. The summed E-state index contributed by atoms with van der Waals surface area (Å²) < 4.78 is 28.6. The van der Waals surface area contributed by atoms with Gasteiger partial charge in [-0.2, -0.15) is 0 Å². The van der Waals surface area contributed by atoms with Gasteiger partial charge in [0.2, 0.25) is 0 Å². The SMILES string of the molecule is CCCNCc1ccc(S(=O)(=O)Nc2ccccc2I)s1. The molecule has 0 bridgehead atoms. The van der Waals surface area contributed by atoms with Gasteiger partial charge in [0.05, 0.1) is 5.69 Å². The number of halogens is 1. The van der Waals surface area contributed by atoms with Crippen molar-refractivity contribution in [3.05, 3.63) is 44.8 Å². The number of para-hydroxylation sites is 1. The van der Waals surface area contributed by atoms with Gasteiger partial charge in [-0.3, -0.25) is 4.72 Å². The molecule has 0 saturated carbocycles. The van der Waals surface area contributed by atoms with E-state index < -0.39 is 10.0 Å². The van der Waals surface area contributed by atoms with Crippen LogP contribution in [0.15, 0.2) is 40.6 Å². The quantitative estimate of drug-likeness (QED) is 0.515. The van der Waals surface area contributed by atoms with Crippen molar-refractivity contribution < 1.29 is 8.42 Å². The maximum Gasteiger partial charge on any atom is 0.271 e. The van der Waals surface area contributed by atoms with Gasteiger partial charge in [0.25, 0.3) is 10.0 Å². The molecule has 21 heavy (non-hydrogen) atoms. The average molecular weight is 436 g/mol. The zero-order chi connectivity index (χ0) is 15.3. The molecule has 1 heterocycles. The van der Waals surface area contributed by atoms with E-state index in [-0.39, 0.29) is 0 Å². The highest BCUT2D eigenvalue weighted by molar-refractivity contribution is 14.1. The Morgan fingerprint density at radius 3 is 2.67 bits per heavy atom. The first kappa shape index (κ1) is 16.7. The van der Waals surface area contributed by atoms with Gasteiger partial charge >= 0.3 is 0 Å². The monoisotopic (exact) mass is 436 g/mol. The molecule has 0 radical (unpaired) electrons. The standard InChI is InChI=1S/C14H17IN2O2S2/c1-2-9-16-10-11-7-8-14(20-11)21(18,19)17-13-6-4-3-5-12(13)15/h3-8,16-17H,2,9-10H2,1H3. The van der Waals surface area contributed by atoms with Gasteiger partial charge in [0, 0.05) is 15.0 Å². The zero-order valence-electron chi connectivity index (χ0n) is 11.6. The van der Waals surface area contributed by atoms with E-state index >= 15 is 0 Å². The first-order chi connectivity index (χ1) is 10.0. The van der Waals surface area contributed by atoms with Crippen molar-refractivity contribution in [1.82, 2.24) is 5.32 Å². The fraction of sp³-hybridized carbons (Fsp3) is 0.286. The van der Waals surface area contributed by atoms with E-state index in [1.54, 1.807) is 12.1 Å². The molecule has 7 heteroatoms. The molecule has 0 amide bonds. The Bertz CT molecular complexity index is 699. The summed E-state index contributed by atoms with van der Waals surface area (Å²) in [7, 11) is -3.51. The van der Waals surface area contributed by atoms with Crippen LogP contribution < -0.4 is 10.0 Å². The fourth-order valence-electron chi connectivity index (χ4n) is 1.73. The van der Waals surface area contributed by atoms with E-state index in [4.69, 9.17) is 0 Å². The minimum Gasteiger partial charge on any atom is -0.312 e. The summed E-state index contributed by atoms with van der Waals surface area (Å²) in [6.07, 6.45) is 1.06. The minimum absolute atomic E-state index is 0.343. The molecule has 2 N–H and O–H groups in total. The maximum atomic E-state index is 12.4. The number of thiophene rings is 1. The van der Waals surface area contributed by atoms with Gasteiger partial charge in [-0.15, -0.1) is 11.3 Å². The lowest BCUT2D eigenvalue weighted by Gasteiger charge is -2.07. The molecule has 0 atom stereocenters. The molecule has 114 valence electrons. The largest absolute Gasteiger partial charge is 0.312 e. The molecule has 2 rings (SSSR count). The van der Waals surface area contributed by atoms with Crippen LogP contribution >= 0.6 is 33.9 Å². The Morgan fingerprint density at radius 1 is 1.19 bits per heavy atom. The Kier molecular flexibility index (Phi) is 6.03. The third-order valence-corrected chi connectivity index (χ3v) is 6.63. The molecule has 0 fully saturated rings. The van der Waals surface area contributed by atoms with E-state index in [1.165, 1.54) is 11.3 Å². The van der Waals surface area contributed by atoms with Crippen molar-refractivity contribution in [3.63, 3.8) is 0 Å². The van der Waals surface area contributed by atoms with Crippen LogP contribution in [0.2, 0.25) is 0 Å². The molecule has 1 aromatic heterocycles. The summed E-state index contributed by atoms with van der Waals surface area (Å²) in [5.74, 6) is 0. The smallest absolute Gasteiger partial charge is 0.271 e. The van der Waals surface area contributed by atoms with Crippen molar-refractivity contribution >= 4 is 49.6 Å². The lowest BCUT2D eigenvalue weighted by molar-refractivity contribution is 0.603. The van der Waals surface area contributed by atoms with E-state index in [0.29, 0.717) is 16.4 Å². The van der Waals surface area contributed by atoms with E-state index in [2.05, 4.69) is 39.6 Å². The van der Waals surface area contributed by atoms with Crippen molar-refractivity contribution in [3.8, 4) is 0 Å². The second-order valence-electron chi connectivity index (χ2n) is 4.48. The van der Waals surface area contributed by atoms with Crippen LogP contribution in [0.5, 0.6) is 0 Å². The predicted molar refractivity (Wildman–Crippen MR) is 96.3 cm³/mol. The molecule has 0 aliphatic rings. The highest BCUT2D eigenvalue weighted by Gasteiger charge is 2.17. The van der Waals surface area contributed by atoms with Gasteiger partial charge in [0.1, 0.15) is 4.21 Å². The van der Waals surface area contributed by atoms with Crippen molar-refractivity contribution in [1.29, 1.82) is 0 Å². The molecular formula is C14H17IN2O2S2. The van der Waals surface area contributed by atoms with Crippen LogP contribution in [0.1, 0.15) is 18.2 Å². The van der Waals surface area contributed by atoms with Crippen LogP contribution in [0.3, 0.4) is 0 Å². The lowest BCUT2D eigenvalue weighted by Crippen LogP contribution is -2.13. The van der Waals surface area contributed by atoms with Crippen molar-refractivity contribution in [2.75, 3.05) is 11.3 Å². The van der Waals surface area contributed by atoms with Gasteiger partial charge in [-0.05, 0) is 59.8 Å². The third-order valence-electron chi connectivity index (χ3n) is 2.75. The lowest BCUT2D eigenvalue weighted by atomic mass is 10.3. The van der Waals surface area contributed by atoms with Crippen LogP contribution in [-0.2, 0) is 16.6 Å². The summed E-state index contributed by atoms with van der Waals surface area (Å²) >= 11 is 3.41. The molecule has 0 unspecified atom stereocenters. The molecule has 0 saturated heterocycles. The molecule has 0 aliphatic carbocycles. The number of sulfonamides is 1. The number of rotatable bonds is 7. The normalized spacial score (nSPS) is 11.5. The van der Waals surface area contributed by atoms with Gasteiger partial charge in [-0.1, -0.05) is 19.1 Å². The summed E-state index contributed by atoms with van der Waals surface area (Å²) in [5.41, 5.74) is 0.608. The molecular weight excluding hydrogens is 419 g/mol. The number of anilines is 1. The number of benzene rings is 1. The molecule has 0 spiro atoms. The number of nitrogens with one attached hydrogen (secondary N) is 2. The van der Waals surface area contributed by atoms with Crippen LogP contribution in [0.4, 0.5) is 5.69 Å². The van der Waals surface area contributed by atoms with Gasteiger partial charge in [-0.25, -0.2) is 8.42 Å². The van der Waals surface area contributed by atoms with E-state index in [0.717, 1.165) is 21.4 Å². The summed E-state index contributed by atoms with van der Waals surface area (Å²) in [6, 6.07) is 10.8. The highest BCUT2D eigenvalue weighted by Crippen LogP contribution is 2.26. The molecule has 0 aliphatic heterocycles. The minimum atomic E-state index is -3.51. The summed E-state index contributed by atoms with van der Waals surface area (Å²) in [4.78, 5) is 1.02. The Hall–Kier alpha value is -0.640.